The van der Waals surface area contributed by atoms with Crippen LogP contribution in [0.2, 0.25) is 0 Å². The third-order valence-electron chi connectivity index (χ3n) is 4.16. The van der Waals surface area contributed by atoms with Crippen molar-refractivity contribution in [2.75, 3.05) is 6.54 Å². The van der Waals surface area contributed by atoms with E-state index in [0.717, 1.165) is 24.1 Å². The van der Waals surface area contributed by atoms with Crippen LogP contribution in [0.3, 0.4) is 0 Å². The molecule has 2 fully saturated rings. The minimum atomic E-state index is -3.32. The summed E-state index contributed by atoms with van der Waals surface area (Å²) in [7, 11) is -3.32. The number of rotatable bonds is 5. The molecule has 3 rings (SSSR count). The summed E-state index contributed by atoms with van der Waals surface area (Å²) in [6, 6.07) is 2.49. The van der Waals surface area contributed by atoms with Gasteiger partial charge in [0, 0.05) is 30.1 Å². The fourth-order valence-electron chi connectivity index (χ4n) is 2.77. The van der Waals surface area contributed by atoms with Crippen LogP contribution in [0.4, 0.5) is 0 Å². The molecule has 0 amide bonds. The average Bonchev–Trinajstić information content (AvgIpc) is 3.12. The number of piperidine rings is 1. The molecule has 6 heteroatoms. The average molecular weight is 314 g/mol. The van der Waals surface area contributed by atoms with Crippen LogP contribution in [0.25, 0.3) is 0 Å². The zero-order valence-corrected chi connectivity index (χ0v) is 13.5. The monoisotopic (exact) mass is 314 g/mol. The summed E-state index contributed by atoms with van der Waals surface area (Å²) >= 11 is 1.54. The minimum absolute atomic E-state index is 0.123. The first-order valence-electron chi connectivity index (χ1n) is 7.40. The summed E-state index contributed by atoms with van der Waals surface area (Å²) < 4.78 is 27.4. The lowest BCUT2D eigenvalue weighted by atomic mass is 10.1. The fraction of sp³-hybridized carbons (Fsp3) is 0.714. The predicted molar refractivity (Wildman–Crippen MR) is 81.4 cm³/mol. The molecule has 1 N–H and O–H groups in total. The van der Waals surface area contributed by atoms with Crippen LogP contribution >= 0.6 is 11.3 Å². The van der Waals surface area contributed by atoms with Crippen molar-refractivity contribution < 1.29 is 8.42 Å². The number of nitrogens with zero attached hydrogens (tertiary/aromatic N) is 1. The Kier molecular flexibility index (Phi) is 4.17. The molecule has 2 aliphatic rings. The van der Waals surface area contributed by atoms with E-state index in [1.807, 2.05) is 12.3 Å². The van der Waals surface area contributed by atoms with Gasteiger partial charge in [0.1, 0.15) is 0 Å². The highest BCUT2D eigenvalue weighted by atomic mass is 32.2. The Morgan fingerprint density at radius 3 is 2.85 bits per heavy atom. The first kappa shape index (κ1) is 14.5. The van der Waals surface area contributed by atoms with Gasteiger partial charge in [0.25, 0.3) is 0 Å². The molecule has 1 aliphatic heterocycles. The predicted octanol–water partition coefficient (Wildman–Crippen LogP) is 2.56. The van der Waals surface area contributed by atoms with Gasteiger partial charge in [-0.15, -0.1) is 11.3 Å². The van der Waals surface area contributed by atoms with E-state index in [1.54, 1.807) is 21.7 Å². The normalized spacial score (nSPS) is 24.9. The van der Waals surface area contributed by atoms with Gasteiger partial charge in [0.05, 0.1) is 4.90 Å². The van der Waals surface area contributed by atoms with Crippen molar-refractivity contribution in [3.8, 4) is 0 Å². The van der Waals surface area contributed by atoms with Crippen LogP contribution in [-0.2, 0) is 16.6 Å². The highest BCUT2D eigenvalue weighted by Crippen LogP contribution is 2.30. The standard InChI is InChI=1S/C14H22N2O2S2/c1-11-4-2-3-8-16(11)20(17,18)14-7-9-19-13(14)10-15-12-5-6-12/h7,9,11-12,15H,2-6,8,10H2,1H3. The smallest absolute Gasteiger partial charge is 0.244 e. The molecule has 2 heterocycles. The molecular formula is C14H22N2O2S2. The van der Waals surface area contributed by atoms with Crippen LogP contribution in [-0.4, -0.2) is 31.4 Å². The summed E-state index contributed by atoms with van der Waals surface area (Å²) in [5.74, 6) is 0. The van der Waals surface area contributed by atoms with Gasteiger partial charge in [-0.2, -0.15) is 4.31 Å². The quantitative estimate of drug-likeness (QED) is 0.909. The van der Waals surface area contributed by atoms with E-state index in [0.29, 0.717) is 24.0 Å². The summed E-state index contributed by atoms with van der Waals surface area (Å²) in [6.07, 6.45) is 5.52. The Hall–Kier alpha value is -0.430. The highest BCUT2D eigenvalue weighted by molar-refractivity contribution is 7.89. The molecule has 0 bridgehead atoms. The second-order valence-electron chi connectivity index (χ2n) is 5.82. The fourth-order valence-corrected chi connectivity index (χ4v) is 5.83. The van der Waals surface area contributed by atoms with E-state index in [1.165, 1.54) is 12.8 Å². The van der Waals surface area contributed by atoms with Gasteiger partial charge in [0.15, 0.2) is 0 Å². The Labute approximate surface area is 125 Å². The number of hydrogen-bond donors (Lipinski definition) is 1. The third kappa shape index (κ3) is 2.93. The first-order valence-corrected chi connectivity index (χ1v) is 9.72. The SMILES string of the molecule is CC1CCCCN1S(=O)(=O)c1ccsc1CNC1CC1. The zero-order chi connectivity index (χ0) is 14.2. The van der Waals surface area contributed by atoms with Crippen molar-refractivity contribution in [1.29, 1.82) is 0 Å². The van der Waals surface area contributed by atoms with Crippen molar-refractivity contribution in [1.82, 2.24) is 9.62 Å². The van der Waals surface area contributed by atoms with E-state index in [-0.39, 0.29) is 6.04 Å². The lowest BCUT2D eigenvalue weighted by Gasteiger charge is -2.32. The summed E-state index contributed by atoms with van der Waals surface area (Å²) in [5, 5.41) is 5.31. The van der Waals surface area contributed by atoms with Crippen LogP contribution in [0.1, 0.15) is 43.9 Å². The lowest BCUT2D eigenvalue weighted by molar-refractivity contribution is 0.268. The topological polar surface area (TPSA) is 49.4 Å². The van der Waals surface area contributed by atoms with Crippen LogP contribution in [0, 0.1) is 0 Å². The largest absolute Gasteiger partial charge is 0.309 e. The molecule has 1 aromatic rings. The maximum Gasteiger partial charge on any atom is 0.244 e. The van der Waals surface area contributed by atoms with Crippen molar-refractivity contribution in [2.24, 2.45) is 0 Å². The number of sulfonamides is 1. The van der Waals surface area contributed by atoms with Crippen LogP contribution < -0.4 is 5.32 Å². The van der Waals surface area contributed by atoms with Gasteiger partial charge >= 0.3 is 0 Å². The molecule has 112 valence electrons. The van der Waals surface area contributed by atoms with Gasteiger partial charge in [-0.3, -0.25) is 0 Å². The van der Waals surface area contributed by atoms with E-state index >= 15 is 0 Å². The van der Waals surface area contributed by atoms with Gasteiger partial charge < -0.3 is 5.32 Å². The van der Waals surface area contributed by atoms with Gasteiger partial charge in [-0.1, -0.05) is 6.42 Å². The maximum atomic E-state index is 12.8. The molecule has 0 radical (unpaired) electrons. The summed E-state index contributed by atoms with van der Waals surface area (Å²) in [5.41, 5.74) is 0. The Balaban J connectivity index is 1.80. The van der Waals surface area contributed by atoms with Gasteiger partial charge in [-0.25, -0.2) is 8.42 Å². The van der Waals surface area contributed by atoms with E-state index < -0.39 is 10.0 Å². The minimum Gasteiger partial charge on any atom is -0.309 e. The Morgan fingerprint density at radius 2 is 2.15 bits per heavy atom. The molecule has 1 atom stereocenters. The number of thiophene rings is 1. The summed E-state index contributed by atoms with van der Waals surface area (Å²) in [4.78, 5) is 1.47. The summed E-state index contributed by atoms with van der Waals surface area (Å²) in [6.45, 7) is 3.36. The second kappa shape index (κ2) is 5.75. The molecule has 20 heavy (non-hydrogen) atoms. The van der Waals surface area contributed by atoms with E-state index in [4.69, 9.17) is 0 Å². The lowest BCUT2D eigenvalue weighted by Crippen LogP contribution is -2.42. The van der Waals surface area contributed by atoms with E-state index in [9.17, 15) is 8.42 Å². The molecule has 1 aliphatic carbocycles. The van der Waals surface area contributed by atoms with Gasteiger partial charge in [-0.05, 0) is 44.1 Å². The molecule has 1 saturated carbocycles. The van der Waals surface area contributed by atoms with Crippen molar-refractivity contribution in [2.45, 2.75) is 62.6 Å². The van der Waals surface area contributed by atoms with Crippen LogP contribution in [0.5, 0.6) is 0 Å². The highest BCUT2D eigenvalue weighted by Gasteiger charge is 2.33. The second-order valence-corrected chi connectivity index (χ2v) is 8.68. The van der Waals surface area contributed by atoms with Crippen molar-refractivity contribution in [3.63, 3.8) is 0 Å². The number of hydrogen-bond acceptors (Lipinski definition) is 4. The molecule has 1 unspecified atom stereocenters. The molecular weight excluding hydrogens is 292 g/mol. The first-order chi connectivity index (χ1) is 9.59. The van der Waals surface area contributed by atoms with Crippen molar-refractivity contribution in [3.05, 3.63) is 16.3 Å². The molecule has 1 saturated heterocycles. The maximum absolute atomic E-state index is 12.8. The molecule has 0 spiro atoms. The Bertz CT molecular complexity index is 563. The Morgan fingerprint density at radius 1 is 1.35 bits per heavy atom. The number of nitrogens with one attached hydrogen (secondary N) is 1. The molecule has 1 aromatic heterocycles. The van der Waals surface area contributed by atoms with Crippen molar-refractivity contribution >= 4 is 21.4 Å². The van der Waals surface area contributed by atoms with Crippen LogP contribution in [0.15, 0.2) is 16.3 Å². The third-order valence-corrected chi connectivity index (χ3v) is 7.31. The van der Waals surface area contributed by atoms with Gasteiger partial charge in [0.2, 0.25) is 10.0 Å². The zero-order valence-electron chi connectivity index (χ0n) is 11.8. The molecule has 0 aromatic carbocycles. The van der Waals surface area contributed by atoms with E-state index in [2.05, 4.69) is 5.32 Å². The molecule has 4 nitrogen and oxygen atoms in total.